The van der Waals surface area contributed by atoms with Gasteiger partial charge >= 0.3 is 5.97 Å². The fourth-order valence-corrected chi connectivity index (χ4v) is 3.45. The third-order valence-electron chi connectivity index (χ3n) is 5.26. The van der Waals surface area contributed by atoms with Crippen molar-refractivity contribution < 1.29 is 64.3 Å². The van der Waals surface area contributed by atoms with Crippen molar-refractivity contribution in [3.8, 4) is 0 Å². The van der Waals surface area contributed by atoms with E-state index in [1.165, 1.54) is 13.8 Å². The van der Waals surface area contributed by atoms with E-state index in [1.54, 1.807) is 0 Å². The van der Waals surface area contributed by atoms with Crippen LogP contribution < -0.4 is 0 Å². The second-order valence-electron chi connectivity index (χ2n) is 7.82. The lowest BCUT2D eigenvalue weighted by atomic mass is 9.99. The largest absolute Gasteiger partial charge is 0.460 e. The number of ether oxygens (including phenoxy) is 4. The Morgan fingerprint density at radius 2 is 1.58 bits per heavy atom. The summed E-state index contributed by atoms with van der Waals surface area (Å²) in [6.07, 6.45) is -13.5. The number of esters is 1. The van der Waals surface area contributed by atoms with Crippen molar-refractivity contribution in [2.75, 3.05) is 19.8 Å². The average Bonchev–Trinajstić information content (AvgIpc) is 2.96. The van der Waals surface area contributed by atoms with Gasteiger partial charge in [-0.3, -0.25) is 4.79 Å². The predicted molar refractivity (Wildman–Crippen MR) is 97.0 cm³/mol. The van der Waals surface area contributed by atoms with Gasteiger partial charge in [-0.15, -0.1) is 0 Å². The quantitative estimate of drug-likeness (QED) is 0.165. The van der Waals surface area contributed by atoms with Crippen molar-refractivity contribution in [2.24, 2.45) is 5.92 Å². The smallest absolute Gasteiger partial charge is 0.309 e. The van der Waals surface area contributed by atoms with Gasteiger partial charge in [0.25, 0.3) is 0 Å². The highest BCUT2D eigenvalue weighted by Gasteiger charge is 2.59. The van der Waals surface area contributed by atoms with Gasteiger partial charge in [-0.2, -0.15) is 0 Å². The summed E-state index contributed by atoms with van der Waals surface area (Å²) in [5, 5.41) is 69.4. The number of carbonyl (C=O) groups is 2. The summed E-state index contributed by atoms with van der Waals surface area (Å²) in [5.74, 6) is -4.28. The SMILES string of the molecule is CC(=O)CC(C)C(=O)OC[C@@]1(O[C@H]2O[C@H](CO)[C@@H](O)[C@H](O)[C@H]2O)O[C@H](CO)[C@@H](O)[C@@H]1O. The van der Waals surface area contributed by atoms with Gasteiger partial charge in [0.15, 0.2) is 6.29 Å². The van der Waals surface area contributed by atoms with E-state index >= 15 is 0 Å². The third-order valence-corrected chi connectivity index (χ3v) is 5.26. The van der Waals surface area contributed by atoms with Crippen LogP contribution in [0.25, 0.3) is 0 Å². The number of carbonyl (C=O) groups excluding carboxylic acids is 2. The van der Waals surface area contributed by atoms with Crippen molar-refractivity contribution in [1.29, 1.82) is 0 Å². The van der Waals surface area contributed by atoms with E-state index in [1.807, 2.05) is 0 Å². The maximum absolute atomic E-state index is 12.2. The minimum Gasteiger partial charge on any atom is -0.460 e. The molecule has 0 aromatic carbocycles. The van der Waals surface area contributed by atoms with Crippen molar-refractivity contribution in [2.45, 2.75) is 75.1 Å². The van der Waals surface area contributed by atoms with Gasteiger partial charge in [0.1, 0.15) is 55.1 Å². The summed E-state index contributed by atoms with van der Waals surface area (Å²) < 4.78 is 21.2. The monoisotopic (exact) mass is 454 g/mol. The van der Waals surface area contributed by atoms with Crippen LogP contribution >= 0.6 is 0 Å². The highest BCUT2D eigenvalue weighted by atomic mass is 16.8. The van der Waals surface area contributed by atoms with Crippen LogP contribution in [-0.2, 0) is 28.5 Å². The number of ketones is 1. The van der Waals surface area contributed by atoms with Gasteiger partial charge in [-0.25, -0.2) is 0 Å². The number of hydrogen-bond acceptors (Lipinski definition) is 13. The van der Waals surface area contributed by atoms with Crippen LogP contribution in [0.1, 0.15) is 20.3 Å². The number of hydrogen-bond donors (Lipinski definition) is 7. The number of aliphatic hydroxyl groups is 7. The fourth-order valence-electron chi connectivity index (χ4n) is 3.45. The average molecular weight is 454 g/mol. The molecule has 0 bridgehead atoms. The molecule has 0 radical (unpaired) electrons. The van der Waals surface area contributed by atoms with Gasteiger partial charge < -0.3 is 59.5 Å². The minimum atomic E-state index is -2.34. The van der Waals surface area contributed by atoms with Gasteiger partial charge in [0.2, 0.25) is 5.79 Å². The molecule has 7 N–H and O–H groups in total. The van der Waals surface area contributed by atoms with E-state index in [9.17, 15) is 45.3 Å². The zero-order chi connectivity index (χ0) is 23.5. The Bertz CT molecular complexity index is 628. The molecule has 0 spiro atoms. The minimum absolute atomic E-state index is 0.106. The molecule has 2 aliphatic rings. The van der Waals surface area contributed by atoms with Crippen LogP contribution in [0.3, 0.4) is 0 Å². The molecule has 31 heavy (non-hydrogen) atoms. The zero-order valence-corrected chi connectivity index (χ0v) is 17.1. The Labute approximate surface area is 177 Å². The van der Waals surface area contributed by atoms with Crippen molar-refractivity contribution >= 4 is 11.8 Å². The molecular formula is C18H30O13. The number of aliphatic hydroxyl groups excluding tert-OH is 7. The molecular weight excluding hydrogens is 424 g/mol. The van der Waals surface area contributed by atoms with Crippen molar-refractivity contribution in [3.05, 3.63) is 0 Å². The van der Waals surface area contributed by atoms with E-state index in [0.29, 0.717) is 0 Å². The summed E-state index contributed by atoms with van der Waals surface area (Å²) in [6.45, 7) is 0.400. The van der Waals surface area contributed by atoms with Crippen molar-refractivity contribution in [3.63, 3.8) is 0 Å². The highest BCUT2D eigenvalue weighted by Crippen LogP contribution is 2.36. The predicted octanol–water partition coefficient (Wildman–Crippen LogP) is -4.23. The Morgan fingerprint density at radius 3 is 2.10 bits per heavy atom. The second kappa shape index (κ2) is 10.6. The Balaban J connectivity index is 2.23. The highest BCUT2D eigenvalue weighted by molar-refractivity contribution is 5.82. The van der Waals surface area contributed by atoms with E-state index in [4.69, 9.17) is 18.9 Å². The first-order valence-electron chi connectivity index (χ1n) is 9.76. The molecule has 0 saturated carbocycles. The maximum atomic E-state index is 12.2. The molecule has 2 saturated heterocycles. The van der Waals surface area contributed by atoms with E-state index < -0.39 is 86.5 Å². The molecule has 0 amide bonds. The van der Waals surface area contributed by atoms with Gasteiger partial charge in [-0.05, 0) is 6.92 Å². The molecule has 10 atom stereocenters. The first-order chi connectivity index (χ1) is 14.5. The van der Waals surface area contributed by atoms with E-state index in [-0.39, 0.29) is 12.2 Å². The summed E-state index contributed by atoms with van der Waals surface area (Å²) in [5.41, 5.74) is 0. The zero-order valence-electron chi connectivity index (χ0n) is 17.1. The van der Waals surface area contributed by atoms with E-state index in [2.05, 4.69) is 0 Å². The topological polar surface area (TPSA) is 213 Å². The van der Waals surface area contributed by atoms with Crippen LogP contribution in [0.2, 0.25) is 0 Å². The van der Waals surface area contributed by atoms with Crippen LogP contribution in [0.15, 0.2) is 0 Å². The number of Topliss-reactive ketones (excluding diaryl/α,β-unsaturated/α-hetero) is 1. The maximum Gasteiger partial charge on any atom is 0.309 e. The fraction of sp³-hybridized carbons (Fsp3) is 0.889. The lowest BCUT2D eigenvalue weighted by Crippen LogP contribution is -2.63. The lowest BCUT2D eigenvalue weighted by molar-refractivity contribution is -0.383. The normalized spacial score (nSPS) is 41.7. The Kier molecular flexibility index (Phi) is 8.86. The summed E-state index contributed by atoms with van der Waals surface area (Å²) in [7, 11) is 0. The molecule has 0 aliphatic carbocycles. The Morgan fingerprint density at radius 1 is 0.968 bits per heavy atom. The molecule has 0 aromatic rings. The Hall–Kier alpha value is -1.26. The molecule has 180 valence electrons. The molecule has 13 heteroatoms. The summed E-state index contributed by atoms with van der Waals surface area (Å²) in [6, 6.07) is 0. The third kappa shape index (κ3) is 5.57. The summed E-state index contributed by atoms with van der Waals surface area (Å²) >= 11 is 0. The van der Waals surface area contributed by atoms with Crippen LogP contribution in [0.5, 0.6) is 0 Å². The first-order valence-corrected chi connectivity index (χ1v) is 9.76. The molecule has 2 aliphatic heterocycles. The molecule has 2 rings (SSSR count). The molecule has 13 nitrogen and oxygen atoms in total. The molecule has 0 aromatic heterocycles. The molecule has 2 heterocycles. The standard InChI is InChI=1S/C18H30O13/c1-7(3-8(2)21)16(27)28-6-18(15(26)12(23)10(5-20)30-18)31-17-14(25)13(24)11(22)9(4-19)29-17/h7,9-15,17,19-20,22-26H,3-6H2,1-2H3/t7?,9-,10-,11-,12-,13+,14-,15+,17-,18+/m1/s1. The van der Waals surface area contributed by atoms with E-state index in [0.717, 1.165) is 0 Å². The summed E-state index contributed by atoms with van der Waals surface area (Å²) in [4.78, 5) is 23.4. The van der Waals surface area contributed by atoms with Crippen LogP contribution in [-0.4, -0.2) is 122 Å². The molecule has 2 fully saturated rings. The van der Waals surface area contributed by atoms with Crippen molar-refractivity contribution in [1.82, 2.24) is 0 Å². The molecule has 1 unspecified atom stereocenters. The van der Waals surface area contributed by atoms with Gasteiger partial charge in [-0.1, -0.05) is 6.92 Å². The second-order valence-corrected chi connectivity index (χ2v) is 7.82. The first kappa shape index (κ1) is 26.0. The number of rotatable bonds is 9. The lowest BCUT2D eigenvalue weighted by Gasteiger charge is -2.43. The van der Waals surface area contributed by atoms with Crippen LogP contribution in [0.4, 0.5) is 0 Å². The van der Waals surface area contributed by atoms with Gasteiger partial charge in [0, 0.05) is 6.42 Å². The van der Waals surface area contributed by atoms with Crippen LogP contribution in [0, 0.1) is 5.92 Å². The van der Waals surface area contributed by atoms with Gasteiger partial charge in [0.05, 0.1) is 19.1 Å².